The van der Waals surface area contributed by atoms with E-state index in [4.69, 9.17) is 0 Å². The fourth-order valence-electron chi connectivity index (χ4n) is 2.17. The SMILES string of the molecule is CC.CO[N+](=O)c1ccc(-n2cc(C)c3c(=O)[nH]cnc32)cn1. The van der Waals surface area contributed by atoms with Crippen molar-refractivity contribution in [2.75, 3.05) is 7.11 Å². The lowest BCUT2D eigenvalue weighted by molar-refractivity contribution is -0.739. The Hall–Kier alpha value is -3.03. The van der Waals surface area contributed by atoms with Gasteiger partial charge in [0, 0.05) is 12.3 Å². The van der Waals surface area contributed by atoms with Gasteiger partial charge in [-0.1, -0.05) is 13.8 Å². The number of nitrogens with zero attached hydrogens (tertiary/aromatic N) is 4. The monoisotopic (exact) mass is 316 g/mol. The first-order valence-corrected chi connectivity index (χ1v) is 7.15. The molecule has 3 aromatic heterocycles. The topological polar surface area (TPSA) is 92.9 Å². The van der Waals surface area contributed by atoms with Gasteiger partial charge in [0.05, 0.1) is 17.4 Å². The summed E-state index contributed by atoms with van der Waals surface area (Å²) >= 11 is 0. The molecule has 0 radical (unpaired) electrons. The van der Waals surface area contributed by atoms with Gasteiger partial charge >= 0.3 is 5.82 Å². The minimum Gasteiger partial charge on any atom is -0.312 e. The molecule has 0 aliphatic heterocycles. The lowest BCUT2D eigenvalue weighted by atomic mass is 10.3. The standard InChI is InChI=1S/C13H11N5O3.C2H6/c1-8-6-17(12-11(8)13(19)16-7-15-12)9-3-4-10(14-5-9)18(20)21-2;1-2/h3-7H,1-2H3;1-2H3/p+1. The number of H-pyrrole nitrogens is 1. The van der Waals surface area contributed by atoms with Crippen molar-refractivity contribution in [2.24, 2.45) is 0 Å². The van der Waals surface area contributed by atoms with Crippen LogP contribution < -0.4 is 5.56 Å². The van der Waals surface area contributed by atoms with E-state index in [1.165, 1.54) is 25.7 Å². The highest BCUT2D eigenvalue weighted by molar-refractivity contribution is 5.80. The Bertz CT molecular complexity index is 880. The summed E-state index contributed by atoms with van der Waals surface area (Å²) in [5, 5.41) is 0.531. The van der Waals surface area contributed by atoms with Crippen LogP contribution in [0.25, 0.3) is 16.7 Å². The summed E-state index contributed by atoms with van der Waals surface area (Å²) in [4.78, 5) is 38.7. The van der Waals surface area contributed by atoms with E-state index in [2.05, 4.69) is 19.8 Å². The van der Waals surface area contributed by atoms with Crippen LogP contribution in [0.1, 0.15) is 19.4 Å². The number of fused-ring (bicyclic) bond motifs is 1. The van der Waals surface area contributed by atoms with Crippen LogP contribution in [0.3, 0.4) is 0 Å². The maximum Gasteiger partial charge on any atom is 0.408 e. The van der Waals surface area contributed by atoms with E-state index in [9.17, 15) is 9.70 Å². The van der Waals surface area contributed by atoms with Gasteiger partial charge in [-0.05, 0) is 28.4 Å². The van der Waals surface area contributed by atoms with Crippen molar-refractivity contribution in [1.82, 2.24) is 19.5 Å². The number of rotatable bonds is 3. The van der Waals surface area contributed by atoms with Crippen molar-refractivity contribution in [1.29, 1.82) is 0 Å². The van der Waals surface area contributed by atoms with Crippen molar-refractivity contribution in [3.05, 3.63) is 51.7 Å². The van der Waals surface area contributed by atoms with Gasteiger partial charge in [0.15, 0.2) is 16.8 Å². The first-order chi connectivity index (χ1) is 11.1. The van der Waals surface area contributed by atoms with Crippen LogP contribution in [0, 0.1) is 11.8 Å². The van der Waals surface area contributed by atoms with Gasteiger partial charge in [-0.15, -0.1) is 0 Å². The molecular formula is C15H18N5O3+. The molecule has 0 unspecified atom stereocenters. The molecule has 1 N–H and O–H groups in total. The van der Waals surface area contributed by atoms with Gasteiger partial charge in [0.2, 0.25) is 0 Å². The third-order valence-electron chi connectivity index (χ3n) is 3.14. The molecule has 0 bridgehead atoms. The maximum atomic E-state index is 11.8. The predicted octanol–water partition coefficient (Wildman–Crippen LogP) is 2.42. The zero-order valence-corrected chi connectivity index (χ0v) is 13.4. The molecule has 0 aliphatic rings. The highest BCUT2D eigenvalue weighted by atomic mass is 16.8. The largest absolute Gasteiger partial charge is 0.408 e. The smallest absolute Gasteiger partial charge is 0.312 e. The van der Waals surface area contributed by atoms with Gasteiger partial charge in [-0.2, -0.15) is 0 Å². The Morgan fingerprint density at radius 3 is 2.61 bits per heavy atom. The molecular weight excluding hydrogens is 298 g/mol. The number of pyridine rings is 1. The number of aryl methyl sites for hydroxylation is 1. The van der Waals surface area contributed by atoms with Crippen LogP contribution in [-0.2, 0) is 4.84 Å². The van der Waals surface area contributed by atoms with Crippen LogP contribution in [0.5, 0.6) is 0 Å². The van der Waals surface area contributed by atoms with Gasteiger partial charge < -0.3 is 9.82 Å². The second-order valence-electron chi connectivity index (χ2n) is 4.43. The molecule has 120 valence electrons. The van der Waals surface area contributed by atoms with Gasteiger partial charge in [0.1, 0.15) is 7.11 Å². The van der Waals surface area contributed by atoms with Crippen LogP contribution in [0.15, 0.2) is 35.6 Å². The average Bonchev–Trinajstić information content (AvgIpc) is 2.94. The summed E-state index contributed by atoms with van der Waals surface area (Å²) in [6.45, 7) is 5.84. The second kappa shape index (κ2) is 6.82. The van der Waals surface area contributed by atoms with E-state index >= 15 is 0 Å². The first-order valence-electron chi connectivity index (χ1n) is 7.15. The fourth-order valence-corrected chi connectivity index (χ4v) is 2.17. The summed E-state index contributed by atoms with van der Waals surface area (Å²) < 4.78 is 1.75. The van der Waals surface area contributed by atoms with E-state index in [1.807, 2.05) is 20.8 Å². The molecule has 3 heterocycles. The predicted molar refractivity (Wildman–Crippen MR) is 85.9 cm³/mol. The molecule has 8 heteroatoms. The highest BCUT2D eigenvalue weighted by Crippen LogP contribution is 2.20. The van der Waals surface area contributed by atoms with E-state index in [1.54, 1.807) is 16.8 Å². The van der Waals surface area contributed by atoms with Crippen molar-refractivity contribution in [2.45, 2.75) is 20.8 Å². The second-order valence-corrected chi connectivity index (χ2v) is 4.43. The van der Waals surface area contributed by atoms with E-state index in [-0.39, 0.29) is 11.4 Å². The molecule has 8 nitrogen and oxygen atoms in total. The van der Waals surface area contributed by atoms with Crippen molar-refractivity contribution in [3.63, 3.8) is 0 Å². The third-order valence-corrected chi connectivity index (χ3v) is 3.14. The quantitative estimate of drug-likeness (QED) is 0.749. The normalized spacial score (nSPS) is 10.1. The number of aromatic nitrogens is 4. The Morgan fingerprint density at radius 2 is 2.00 bits per heavy atom. The fraction of sp³-hybridized carbons (Fsp3) is 0.267. The van der Waals surface area contributed by atoms with Crippen LogP contribution >= 0.6 is 0 Å². The van der Waals surface area contributed by atoms with Crippen LogP contribution in [0.2, 0.25) is 0 Å². The number of nitrogens with one attached hydrogen (secondary N) is 1. The molecule has 0 aromatic carbocycles. The molecule has 3 aromatic rings. The average molecular weight is 316 g/mol. The molecule has 0 saturated heterocycles. The van der Waals surface area contributed by atoms with Crippen molar-refractivity contribution < 1.29 is 9.76 Å². The minimum atomic E-state index is -0.189. The number of hydrogen-bond acceptors (Lipinski definition) is 5. The molecule has 0 spiro atoms. The lowest BCUT2D eigenvalue weighted by Crippen LogP contribution is -2.07. The van der Waals surface area contributed by atoms with Gasteiger partial charge in [0.25, 0.3) is 5.56 Å². The molecule has 0 aliphatic carbocycles. The first kappa shape index (κ1) is 16.3. The summed E-state index contributed by atoms with van der Waals surface area (Å²) in [5.74, 6) is 0.139. The molecule has 3 rings (SSSR count). The number of hydrogen-bond donors (Lipinski definition) is 1. The molecule has 0 atom stereocenters. The molecule has 0 saturated carbocycles. The Kier molecular flexibility index (Phi) is 4.85. The van der Waals surface area contributed by atoms with Crippen molar-refractivity contribution in [3.8, 4) is 5.69 Å². The zero-order valence-electron chi connectivity index (χ0n) is 13.4. The minimum absolute atomic E-state index is 0.139. The van der Waals surface area contributed by atoms with Crippen molar-refractivity contribution >= 4 is 16.9 Å². The summed E-state index contributed by atoms with van der Waals surface area (Å²) in [5.41, 5.74) is 1.85. The molecule has 23 heavy (non-hydrogen) atoms. The van der Waals surface area contributed by atoms with E-state index in [0.717, 1.165) is 5.56 Å². The zero-order chi connectivity index (χ0) is 17.0. The lowest BCUT2D eigenvalue weighted by Gasteiger charge is -2.01. The van der Waals surface area contributed by atoms with Gasteiger partial charge in [-0.3, -0.25) is 9.36 Å². The Morgan fingerprint density at radius 1 is 1.26 bits per heavy atom. The summed E-state index contributed by atoms with van der Waals surface area (Å²) in [6.07, 6.45) is 4.67. The van der Waals surface area contributed by atoms with Crippen LogP contribution in [-0.4, -0.2) is 31.6 Å². The number of aromatic amines is 1. The Labute approximate surface area is 132 Å². The van der Waals surface area contributed by atoms with Gasteiger partial charge in [-0.25, -0.2) is 4.98 Å². The van der Waals surface area contributed by atoms with Crippen LogP contribution in [0.4, 0.5) is 5.82 Å². The van der Waals surface area contributed by atoms with E-state index < -0.39 is 0 Å². The summed E-state index contributed by atoms with van der Waals surface area (Å²) in [7, 11) is 1.27. The Balaban J connectivity index is 0.000000924. The third kappa shape index (κ3) is 2.96. The van der Waals surface area contributed by atoms with E-state index in [0.29, 0.717) is 21.6 Å². The molecule has 0 amide bonds. The maximum absolute atomic E-state index is 11.8. The molecule has 0 fully saturated rings. The summed E-state index contributed by atoms with van der Waals surface area (Å²) in [6, 6.07) is 3.23. The highest BCUT2D eigenvalue weighted by Gasteiger charge is 2.16.